The maximum absolute atomic E-state index is 8.98. The minimum atomic E-state index is 0.302. The number of thioether (sulfide) groups is 1. The van der Waals surface area contributed by atoms with E-state index in [0.717, 1.165) is 11.0 Å². The van der Waals surface area contributed by atoms with Crippen LogP contribution in [0.4, 0.5) is 0 Å². The Morgan fingerprint density at radius 3 is 1.76 bits per heavy atom. The van der Waals surface area contributed by atoms with Crippen LogP contribution in [0.1, 0.15) is 71.1 Å². The number of hydrogen-bond donors (Lipinski definition) is 1. The molecule has 0 aromatic carbocycles. The molecule has 0 atom stereocenters. The highest BCUT2D eigenvalue weighted by Gasteiger charge is 2.12. The summed E-state index contributed by atoms with van der Waals surface area (Å²) in [6, 6.07) is 0. The molecule has 0 bridgehead atoms. The molecule has 0 unspecified atom stereocenters. The normalized spacial score (nSPS) is 12.0. The van der Waals surface area contributed by atoms with Gasteiger partial charge in [0, 0.05) is 5.75 Å². The molecule has 0 amide bonds. The number of nitrogens with zero attached hydrogens (tertiary/aromatic N) is 1. The lowest BCUT2D eigenvalue weighted by molar-refractivity contribution is -0.888. The zero-order chi connectivity index (χ0) is 15.8. The van der Waals surface area contributed by atoms with Crippen LogP contribution in [0.2, 0.25) is 0 Å². The third kappa shape index (κ3) is 16.5. The average Bonchev–Trinajstić information content (AvgIpc) is 2.44. The Labute approximate surface area is 138 Å². The Morgan fingerprint density at radius 1 is 0.714 bits per heavy atom. The summed E-state index contributed by atoms with van der Waals surface area (Å²) in [6.07, 6.45) is 14.2. The van der Waals surface area contributed by atoms with Gasteiger partial charge in [-0.05, 0) is 12.2 Å². The van der Waals surface area contributed by atoms with Crippen molar-refractivity contribution in [1.29, 1.82) is 0 Å². The van der Waals surface area contributed by atoms with Gasteiger partial charge in [-0.15, -0.1) is 0 Å². The number of rotatable bonds is 16. The third-order valence-electron chi connectivity index (χ3n) is 4.19. The molecule has 0 aromatic heterocycles. The van der Waals surface area contributed by atoms with Crippen molar-refractivity contribution in [2.45, 2.75) is 71.1 Å². The summed E-state index contributed by atoms with van der Waals surface area (Å²) >= 11 is 2.09. The topological polar surface area (TPSA) is 20.2 Å². The van der Waals surface area contributed by atoms with E-state index in [-0.39, 0.29) is 0 Å². The molecule has 3 heteroatoms. The van der Waals surface area contributed by atoms with Crippen LogP contribution in [-0.4, -0.2) is 54.9 Å². The lowest BCUT2D eigenvalue weighted by Crippen LogP contribution is -2.43. The molecule has 0 fully saturated rings. The molecule has 0 saturated carbocycles. The summed E-state index contributed by atoms with van der Waals surface area (Å²) in [5.74, 6) is 2.54. The van der Waals surface area contributed by atoms with Gasteiger partial charge in [-0.3, -0.25) is 0 Å². The predicted molar refractivity (Wildman–Crippen MR) is 98.1 cm³/mol. The highest BCUT2D eigenvalue weighted by atomic mass is 32.2. The number of quaternary nitrogens is 1. The minimum Gasteiger partial charge on any atom is -0.391 e. The van der Waals surface area contributed by atoms with Crippen LogP contribution in [0.5, 0.6) is 0 Å². The van der Waals surface area contributed by atoms with Gasteiger partial charge >= 0.3 is 0 Å². The van der Waals surface area contributed by atoms with Gasteiger partial charge in [0.1, 0.15) is 6.54 Å². The van der Waals surface area contributed by atoms with Crippen molar-refractivity contribution in [1.82, 2.24) is 0 Å². The fourth-order valence-corrected chi connectivity index (χ4v) is 3.72. The fraction of sp³-hybridized carbons (Fsp3) is 1.00. The summed E-state index contributed by atoms with van der Waals surface area (Å²) in [6.45, 7) is 4.63. The second-order valence-corrected chi connectivity index (χ2v) is 8.13. The fourth-order valence-electron chi connectivity index (χ4n) is 2.49. The molecule has 0 heterocycles. The Hall–Kier alpha value is 0.270. The average molecular weight is 319 g/mol. The van der Waals surface area contributed by atoms with Crippen molar-refractivity contribution in [3.8, 4) is 0 Å². The summed E-state index contributed by atoms with van der Waals surface area (Å²) < 4.78 is 0.946. The van der Waals surface area contributed by atoms with E-state index in [1.807, 2.05) is 0 Å². The first-order valence-corrected chi connectivity index (χ1v) is 10.3. The molecular weight excluding hydrogens is 278 g/mol. The molecule has 0 aromatic rings. The highest BCUT2D eigenvalue weighted by Crippen LogP contribution is 2.12. The molecule has 0 saturated heterocycles. The molecule has 0 rings (SSSR count). The maximum atomic E-state index is 8.98. The van der Waals surface area contributed by atoms with E-state index >= 15 is 0 Å². The summed E-state index contributed by atoms with van der Waals surface area (Å²) in [4.78, 5) is 0. The summed E-state index contributed by atoms with van der Waals surface area (Å²) in [5.41, 5.74) is 0. The molecule has 128 valence electrons. The van der Waals surface area contributed by atoms with Gasteiger partial charge in [-0.1, -0.05) is 64.7 Å². The summed E-state index contributed by atoms with van der Waals surface area (Å²) in [5, 5.41) is 8.98. The Bertz CT molecular complexity index is 209. The number of aliphatic hydroxyl groups excluding tert-OH is 1. The van der Waals surface area contributed by atoms with Crippen molar-refractivity contribution in [2.75, 3.05) is 45.3 Å². The first-order chi connectivity index (χ1) is 10.1. The molecule has 0 radical (unpaired) electrons. The maximum Gasteiger partial charge on any atom is 0.102 e. The third-order valence-corrected chi connectivity index (χ3v) is 5.24. The van der Waals surface area contributed by atoms with Crippen LogP contribution in [0, 0.1) is 0 Å². The minimum absolute atomic E-state index is 0.302. The van der Waals surface area contributed by atoms with Crippen LogP contribution in [0.25, 0.3) is 0 Å². The highest BCUT2D eigenvalue weighted by molar-refractivity contribution is 7.99. The second-order valence-electron chi connectivity index (χ2n) is 6.90. The second kappa shape index (κ2) is 15.2. The molecule has 0 spiro atoms. The Balaban J connectivity index is 3.12. The van der Waals surface area contributed by atoms with Crippen molar-refractivity contribution >= 4 is 11.8 Å². The molecule has 0 aliphatic heterocycles. The number of hydrogen-bond acceptors (Lipinski definition) is 2. The van der Waals surface area contributed by atoms with E-state index < -0.39 is 0 Å². The zero-order valence-corrected chi connectivity index (χ0v) is 15.7. The Kier molecular flexibility index (Phi) is 15.4. The lowest BCUT2D eigenvalue weighted by atomic mass is 10.1. The van der Waals surface area contributed by atoms with Crippen LogP contribution >= 0.6 is 11.8 Å². The number of unbranched alkanes of at least 4 members (excludes halogenated alkanes) is 9. The summed E-state index contributed by atoms with van der Waals surface area (Å²) in [7, 11) is 4.41. The molecule has 0 aliphatic rings. The number of aliphatic hydroxyl groups is 1. The smallest absolute Gasteiger partial charge is 0.102 e. The molecule has 2 nitrogen and oxygen atoms in total. The van der Waals surface area contributed by atoms with Crippen molar-refractivity contribution < 1.29 is 9.59 Å². The van der Waals surface area contributed by atoms with E-state index in [0.29, 0.717) is 6.61 Å². The molecule has 21 heavy (non-hydrogen) atoms. The van der Waals surface area contributed by atoms with Crippen LogP contribution in [0.15, 0.2) is 0 Å². The van der Waals surface area contributed by atoms with E-state index in [9.17, 15) is 0 Å². The Morgan fingerprint density at radius 2 is 1.24 bits per heavy atom. The van der Waals surface area contributed by atoms with Gasteiger partial charge in [-0.25, -0.2) is 0 Å². The SMILES string of the molecule is CCCCCCCCCCCCSCC[N+](C)(C)CCO. The largest absolute Gasteiger partial charge is 0.391 e. The van der Waals surface area contributed by atoms with Crippen molar-refractivity contribution in [3.63, 3.8) is 0 Å². The first kappa shape index (κ1) is 21.3. The zero-order valence-electron chi connectivity index (χ0n) is 14.9. The van der Waals surface area contributed by atoms with Crippen LogP contribution in [-0.2, 0) is 0 Å². The van der Waals surface area contributed by atoms with Crippen molar-refractivity contribution in [2.24, 2.45) is 0 Å². The lowest BCUT2D eigenvalue weighted by Gasteiger charge is -2.28. The number of likely N-dealkylation sites (N-methyl/N-ethyl adjacent to an activating group) is 1. The molecule has 0 aliphatic carbocycles. The molecule has 1 N–H and O–H groups in total. The van der Waals surface area contributed by atoms with E-state index in [1.165, 1.54) is 82.3 Å². The van der Waals surface area contributed by atoms with Gasteiger partial charge in [-0.2, -0.15) is 11.8 Å². The van der Waals surface area contributed by atoms with Gasteiger partial charge < -0.3 is 9.59 Å². The quantitative estimate of drug-likeness (QED) is 0.328. The predicted octanol–water partition coefficient (Wildman–Crippen LogP) is 4.71. The van der Waals surface area contributed by atoms with E-state index in [4.69, 9.17) is 5.11 Å². The van der Waals surface area contributed by atoms with Crippen LogP contribution < -0.4 is 0 Å². The van der Waals surface area contributed by atoms with E-state index in [2.05, 4.69) is 32.8 Å². The van der Waals surface area contributed by atoms with Gasteiger partial charge in [0.15, 0.2) is 0 Å². The van der Waals surface area contributed by atoms with Crippen LogP contribution in [0.3, 0.4) is 0 Å². The monoisotopic (exact) mass is 318 g/mol. The van der Waals surface area contributed by atoms with E-state index in [1.54, 1.807) is 0 Å². The van der Waals surface area contributed by atoms with Gasteiger partial charge in [0.05, 0.1) is 27.2 Å². The molecular formula is C18H40NOS+. The van der Waals surface area contributed by atoms with Crippen molar-refractivity contribution in [3.05, 3.63) is 0 Å². The first-order valence-electron chi connectivity index (χ1n) is 9.13. The van der Waals surface area contributed by atoms with Gasteiger partial charge in [0.25, 0.3) is 0 Å². The van der Waals surface area contributed by atoms with Gasteiger partial charge in [0.2, 0.25) is 0 Å². The standard InChI is InChI=1S/C18H40NOS/c1-4-5-6-7-8-9-10-11-12-13-17-21-18-15-19(2,3)14-16-20/h20H,4-18H2,1-3H3/q+1.